The molecular weight excluding hydrogens is 262 g/mol. The van der Waals surface area contributed by atoms with Crippen LogP contribution in [0.1, 0.15) is 0 Å². The van der Waals surface area contributed by atoms with Crippen molar-refractivity contribution in [3.8, 4) is 0 Å². The second-order valence-electron chi connectivity index (χ2n) is 1.10. The predicted octanol–water partition coefficient (Wildman–Crippen LogP) is -7.35. The SMILES string of the molecule is [K].[O-][I+](O)(O)(O)(O)O. The molecule has 0 aliphatic rings. The van der Waals surface area contributed by atoms with Crippen molar-refractivity contribution in [3.05, 3.63) is 0 Å². The Morgan fingerprint density at radius 2 is 0.875 bits per heavy atom. The third-order valence-corrected chi connectivity index (χ3v) is 0. The summed E-state index contributed by atoms with van der Waals surface area (Å²) in [5.41, 5.74) is 0. The zero-order chi connectivity index (χ0) is 6.41. The van der Waals surface area contributed by atoms with Gasteiger partial charge in [-0.1, -0.05) is 0 Å². The topological polar surface area (TPSA) is 124 Å². The summed E-state index contributed by atoms with van der Waals surface area (Å²) in [5, 5.41) is 0. The molecule has 6 nitrogen and oxygen atoms in total. The molecule has 5 N–H and O–H groups in total. The Bertz CT molecular complexity index is 67.1. The average molecular weight is 267 g/mol. The molecule has 0 aliphatic carbocycles. The van der Waals surface area contributed by atoms with E-state index in [1.54, 1.807) is 0 Å². The van der Waals surface area contributed by atoms with Gasteiger partial charge in [-0.25, -0.2) is 0 Å². The third kappa shape index (κ3) is 91.3. The van der Waals surface area contributed by atoms with E-state index in [1.807, 2.05) is 0 Å². The molecule has 8 heavy (non-hydrogen) atoms. The normalized spacial score (nSPS) is 20.2. The molecule has 8 heteroatoms. The Morgan fingerprint density at radius 1 is 0.875 bits per heavy atom. The van der Waals surface area contributed by atoms with Gasteiger partial charge in [0.1, 0.15) is 0 Å². The van der Waals surface area contributed by atoms with E-state index < -0.39 is 18.2 Å². The average Bonchev–Trinajstić information content (AvgIpc) is 0.592. The maximum atomic E-state index is 9.22. The molecule has 0 aromatic rings. The quantitative estimate of drug-likeness (QED) is 0.219. The van der Waals surface area contributed by atoms with Crippen LogP contribution in [-0.4, -0.2) is 68.6 Å². The number of hydrogen-bond donors (Lipinski definition) is 5. The van der Waals surface area contributed by atoms with Gasteiger partial charge < -0.3 is 0 Å². The van der Waals surface area contributed by atoms with Crippen LogP contribution < -0.4 is 21.6 Å². The van der Waals surface area contributed by atoms with E-state index in [9.17, 15) is 3.44 Å². The molecule has 0 spiro atoms. The molecule has 0 saturated carbocycles. The molecule has 0 aromatic carbocycles. The zero-order valence-corrected chi connectivity index (χ0v) is 9.30. The Kier molecular flexibility index (Phi) is 3.28. The molecule has 0 atom stereocenters. The Labute approximate surface area is 88.3 Å². The van der Waals surface area contributed by atoms with Crippen molar-refractivity contribution >= 4 is 51.4 Å². The zero-order valence-electron chi connectivity index (χ0n) is 4.02. The molecule has 0 heterocycles. The van der Waals surface area contributed by atoms with Crippen LogP contribution in [0.15, 0.2) is 0 Å². The molecule has 0 aliphatic heterocycles. The number of halogens is 1. The van der Waals surface area contributed by atoms with Crippen LogP contribution in [-0.2, 0) is 0 Å². The van der Waals surface area contributed by atoms with E-state index >= 15 is 0 Å². The van der Waals surface area contributed by atoms with Crippen molar-refractivity contribution in [1.82, 2.24) is 0 Å². The molecule has 0 aromatic heterocycles. The molecule has 1 radical (unpaired) electrons. The Balaban J connectivity index is 0. The van der Waals surface area contributed by atoms with Gasteiger partial charge in [-0.2, -0.15) is 0 Å². The first-order valence-corrected chi connectivity index (χ1v) is 6.70. The van der Waals surface area contributed by atoms with Crippen LogP contribution >= 0.6 is 0 Å². The van der Waals surface area contributed by atoms with Crippen molar-refractivity contribution in [1.29, 1.82) is 0 Å². The summed E-state index contributed by atoms with van der Waals surface area (Å²) < 4.78 is 45.7. The van der Waals surface area contributed by atoms with E-state index in [0.717, 1.165) is 0 Å². The van der Waals surface area contributed by atoms with Gasteiger partial charge in [0.2, 0.25) is 0 Å². The summed E-state index contributed by atoms with van der Waals surface area (Å²) in [6, 6.07) is 0. The monoisotopic (exact) mass is 267 g/mol. The summed E-state index contributed by atoms with van der Waals surface area (Å²) >= 11 is -8.37. The number of rotatable bonds is 0. The van der Waals surface area contributed by atoms with E-state index in [2.05, 4.69) is 0 Å². The van der Waals surface area contributed by atoms with Crippen LogP contribution in [0.4, 0.5) is 0 Å². The summed E-state index contributed by atoms with van der Waals surface area (Å²) in [6.07, 6.45) is 0. The minimum atomic E-state index is -8.37. The fourth-order valence-electron chi connectivity index (χ4n) is 0. The van der Waals surface area contributed by atoms with Gasteiger partial charge in [-0.15, -0.1) is 0 Å². The van der Waals surface area contributed by atoms with Crippen molar-refractivity contribution in [2.75, 3.05) is 0 Å². The molecule has 49 valence electrons. The van der Waals surface area contributed by atoms with Gasteiger partial charge >= 0.3 is 38.8 Å². The van der Waals surface area contributed by atoms with Crippen LogP contribution in [0.25, 0.3) is 0 Å². The molecule has 0 bridgehead atoms. The molecule has 0 rings (SSSR count). The van der Waals surface area contributed by atoms with Gasteiger partial charge in [0.05, 0.1) is 0 Å². The van der Waals surface area contributed by atoms with Gasteiger partial charge in [-0.05, 0) is 0 Å². The summed E-state index contributed by atoms with van der Waals surface area (Å²) in [7, 11) is 0. The van der Waals surface area contributed by atoms with Crippen LogP contribution in [0.3, 0.4) is 0 Å². The third-order valence-electron chi connectivity index (χ3n) is 0. The molecule has 0 unspecified atom stereocenters. The first-order chi connectivity index (χ1) is 2.45. The van der Waals surface area contributed by atoms with Crippen LogP contribution in [0.2, 0.25) is 0 Å². The van der Waals surface area contributed by atoms with Crippen molar-refractivity contribution in [2.45, 2.75) is 0 Å². The fourth-order valence-corrected chi connectivity index (χ4v) is 0. The van der Waals surface area contributed by atoms with E-state index in [0.29, 0.717) is 0 Å². The summed E-state index contributed by atoms with van der Waals surface area (Å²) in [6.45, 7) is 0. The van der Waals surface area contributed by atoms with Crippen LogP contribution in [0, 0.1) is 0 Å². The Morgan fingerprint density at radius 3 is 0.875 bits per heavy atom. The van der Waals surface area contributed by atoms with Crippen molar-refractivity contribution in [3.63, 3.8) is 0 Å². The van der Waals surface area contributed by atoms with Crippen molar-refractivity contribution in [2.24, 2.45) is 0 Å². The van der Waals surface area contributed by atoms with Crippen molar-refractivity contribution < 1.29 is 38.8 Å². The standard InChI is InChI=1S/H5IO6.K/c2-1(3,4,5,6)7;/h2-6H;. The van der Waals surface area contributed by atoms with E-state index in [4.69, 9.17) is 17.2 Å². The molecular formula is H5IKO6. The second-order valence-corrected chi connectivity index (χ2v) is 7.39. The van der Waals surface area contributed by atoms with Gasteiger partial charge in [0.25, 0.3) is 0 Å². The summed E-state index contributed by atoms with van der Waals surface area (Å²) in [5.74, 6) is 0. The first-order valence-electron chi connectivity index (χ1n) is 0.999. The summed E-state index contributed by atoms with van der Waals surface area (Å²) in [4.78, 5) is 0. The van der Waals surface area contributed by atoms with Gasteiger partial charge in [0.15, 0.2) is 0 Å². The molecule has 0 fully saturated rings. The number of hydrogen-bond acceptors (Lipinski definition) is 6. The van der Waals surface area contributed by atoms with Crippen LogP contribution in [0.5, 0.6) is 0 Å². The molecule has 0 saturated heterocycles. The molecule has 0 amide bonds. The maximum absolute atomic E-state index is 9.22. The van der Waals surface area contributed by atoms with Gasteiger partial charge in [0, 0.05) is 51.4 Å². The predicted molar refractivity (Wildman–Crippen MR) is 16.8 cm³/mol. The van der Waals surface area contributed by atoms with Gasteiger partial charge in [-0.3, -0.25) is 0 Å². The van der Waals surface area contributed by atoms with E-state index in [-0.39, 0.29) is 51.4 Å². The Hall–Kier alpha value is 2.13. The van der Waals surface area contributed by atoms with E-state index in [1.165, 1.54) is 0 Å². The first kappa shape index (κ1) is 12.8. The minimum absolute atomic E-state index is 0. The fraction of sp³-hybridized carbons (Fsp3) is 0. The second kappa shape index (κ2) is 2.05.